The lowest BCUT2D eigenvalue weighted by atomic mass is 9.97. The monoisotopic (exact) mass is 308 g/mol. The number of rotatable bonds is 8. The lowest BCUT2D eigenvalue weighted by Gasteiger charge is -2.44. The number of fused-ring (bicyclic) bond motifs is 2. The van der Waals surface area contributed by atoms with Crippen molar-refractivity contribution in [2.24, 2.45) is 11.8 Å². The Kier molecular flexibility index (Phi) is 6.01. The van der Waals surface area contributed by atoms with Crippen LogP contribution in [0, 0.1) is 11.8 Å². The van der Waals surface area contributed by atoms with Crippen LogP contribution in [-0.4, -0.2) is 41.7 Å². The number of hydrogen-bond donors (Lipinski definition) is 0. The Morgan fingerprint density at radius 2 is 2.14 bits per heavy atom. The zero-order chi connectivity index (χ0) is 16.3. The summed E-state index contributed by atoms with van der Waals surface area (Å²) >= 11 is 0. The van der Waals surface area contributed by atoms with Crippen LogP contribution in [0.4, 0.5) is 0 Å². The van der Waals surface area contributed by atoms with Crippen molar-refractivity contribution in [2.45, 2.75) is 65.1 Å². The van der Waals surface area contributed by atoms with E-state index >= 15 is 0 Å². The van der Waals surface area contributed by atoms with Crippen LogP contribution in [0.2, 0.25) is 0 Å². The summed E-state index contributed by atoms with van der Waals surface area (Å²) in [5, 5.41) is 3.12. The third-order valence-electron chi connectivity index (χ3n) is 4.84. The first-order chi connectivity index (χ1) is 10.4. The molecule has 0 aliphatic heterocycles. The molecule has 1 amide bonds. The molecule has 4 atom stereocenters. The van der Waals surface area contributed by atoms with E-state index in [2.05, 4.69) is 12.1 Å². The van der Waals surface area contributed by atoms with E-state index in [1.54, 1.807) is 11.9 Å². The molecule has 2 aliphatic carbocycles. The van der Waals surface area contributed by atoms with Gasteiger partial charge in [-0.15, -0.1) is 0 Å². The third kappa shape index (κ3) is 4.31. The summed E-state index contributed by atoms with van der Waals surface area (Å²) in [7, 11) is 1.85. The van der Waals surface area contributed by atoms with Gasteiger partial charge >= 0.3 is 0 Å². The Hall–Kier alpha value is -0.910. The highest BCUT2D eigenvalue weighted by Crippen LogP contribution is 2.46. The Balaban J connectivity index is 1.82. The van der Waals surface area contributed by atoms with Crippen molar-refractivity contribution in [1.82, 2.24) is 10.0 Å². The van der Waals surface area contributed by atoms with Crippen LogP contribution in [0.1, 0.15) is 52.9 Å². The first-order valence-electron chi connectivity index (χ1n) is 8.47. The standard InChI is InChI=1S/C17H30N3O2/c1-6-19(5)18-20(12(2)3)17(21)9-13(4)22-16-11-14-7-8-15(16)10-14/h13-16H,2,6-11H2,1,3-5H3/q-1. The van der Waals surface area contributed by atoms with E-state index < -0.39 is 0 Å². The molecular weight excluding hydrogens is 278 g/mol. The van der Waals surface area contributed by atoms with Gasteiger partial charge in [-0.25, -0.2) is 0 Å². The van der Waals surface area contributed by atoms with Gasteiger partial charge < -0.3 is 20.3 Å². The maximum Gasteiger partial charge on any atom is 0.213 e. The van der Waals surface area contributed by atoms with Crippen LogP contribution >= 0.6 is 0 Å². The summed E-state index contributed by atoms with van der Waals surface area (Å²) < 4.78 is 6.14. The predicted octanol–water partition coefficient (Wildman–Crippen LogP) is 3.49. The summed E-state index contributed by atoms with van der Waals surface area (Å²) in [5.74, 6) is 1.53. The van der Waals surface area contributed by atoms with E-state index in [0.717, 1.165) is 18.4 Å². The third-order valence-corrected chi connectivity index (χ3v) is 4.84. The maximum atomic E-state index is 12.4. The normalized spacial score (nSPS) is 28.1. The first kappa shape index (κ1) is 17.4. The molecule has 0 N–H and O–H groups in total. The molecule has 5 nitrogen and oxygen atoms in total. The fourth-order valence-electron chi connectivity index (χ4n) is 3.59. The lowest BCUT2D eigenvalue weighted by Crippen LogP contribution is -2.34. The molecule has 0 aromatic carbocycles. The van der Waals surface area contributed by atoms with Crippen LogP contribution in [0.25, 0.3) is 5.53 Å². The molecule has 4 unspecified atom stereocenters. The minimum Gasteiger partial charge on any atom is -0.494 e. The summed E-state index contributed by atoms with van der Waals surface area (Å²) in [4.78, 5) is 12.4. The largest absolute Gasteiger partial charge is 0.494 e. The van der Waals surface area contributed by atoms with E-state index in [1.807, 2.05) is 20.9 Å². The van der Waals surface area contributed by atoms with E-state index in [9.17, 15) is 4.79 Å². The molecule has 2 saturated carbocycles. The number of carbonyl (C=O) groups is 1. The fourth-order valence-corrected chi connectivity index (χ4v) is 3.59. The molecule has 0 aromatic heterocycles. The van der Waals surface area contributed by atoms with E-state index in [-0.39, 0.29) is 12.0 Å². The summed E-state index contributed by atoms with van der Waals surface area (Å²) in [6.45, 7) is 10.4. The molecule has 0 heterocycles. The average molecular weight is 308 g/mol. The minimum atomic E-state index is -0.0687. The fraction of sp³-hybridized carbons (Fsp3) is 0.824. The number of nitrogens with zero attached hydrogens (tertiary/aromatic N) is 3. The van der Waals surface area contributed by atoms with E-state index in [4.69, 9.17) is 4.74 Å². The summed E-state index contributed by atoms with van der Waals surface area (Å²) in [5.41, 5.74) is 4.92. The van der Waals surface area contributed by atoms with Gasteiger partial charge in [-0.05, 0) is 70.7 Å². The minimum absolute atomic E-state index is 0.0524. The van der Waals surface area contributed by atoms with Gasteiger partial charge in [0.05, 0.1) is 18.6 Å². The van der Waals surface area contributed by atoms with Gasteiger partial charge in [0.2, 0.25) is 5.91 Å². The van der Waals surface area contributed by atoms with Crippen molar-refractivity contribution >= 4 is 5.91 Å². The molecule has 2 fully saturated rings. The number of hydrogen-bond acceptors (Lipinski definition) is 3. The van der Waals surface area contributed by atoms with Crippen molar-refractivity contribution in [3.05, 3.63) is 17.8 Å². The van der Waals surface area contributed by atoms with Crippen LogP contribution < -0.4 is 0 Å². The van der Waals surface area contributed by atoms with Crippen LogP contribution in [0.3, 0.4) is 0 Å². The highest BCUT2D eigenvalue weighted by Gasteiger charge is 2.40. The van der Waals surface area contributed by atoms with Crippen molar-refractivity contribution in [2.75, 3.05) is 13.6 Å². The second kappa shape index (κ2) is 7.57. The van der Waals surface area contributed by atoms with Gasteiger partial charge in [-0.1, -0.05) is 13.5 Å². The number of amides is 1. The second-order valence-corrected chi connectivity index (χ2v) is 6.87. The van der Waals surface area contributed by atoms with E-state index in [0.29, 0.717) is 18.2 Å². The molecular formula is C17H30N3O2-. The average Bonchev–Trinajstić information content (AvgIpc) is 3.06. The SMILES string of the molecule is C=C(C)N([N-]N(C)CC)C(=O)CC(C)OC1CC2CCC1C2. The van der Waals surface area contributed by atoms with Gasteiger partial charge in [0.25, 0.3) is 0 Å². The topological polar surface area (TPSA) is 46.9 Å². The zero-order valence-electron chi connectivity index (χ0n) is 14.4. The molecule has 2 rings (SSSR count). The van der Waals surface area contributed by atoms with Crippen molar-refractivity contribution in [1.29, 1.82) is 0 Å². The van der Waals surface area contributed by atoms with Gasteiger partial charge in [-0.2, -0.15) is 0 Å². The van der Waals surface area contributed by atoms with Gasteiger partial charge in [-0.3, -0.25) is 4.79 Å². The number of carbonyl (C=O) groups excluding carboxylic acids is 1. The molecule has 0 aromatic rings. The van der Waals surface area contributed by atoms with Crippen LogP contribution in [0.5, 0.6) is 0 Å². The van der Waals surface area contributed by atoms with Gasteiger partial charge in [0.1, 0.15) is 0 Å². The van der Waals surface area contributed by atoms with Crippen molar-refractivity contribution in [3.63, 3.8) is 0 Å². The molecule has 2 aliphatic rings. The lowest BCUT2D eigenvalue weighted by molar-refractivity contribution is -0.133. The molecule has 5 heteroatoms. The Bertz CT molecular complexity index is 413. The van der Waals surface area contributed by atoms with Crippen molar-refractivity contribution in [3.8, 4) is 0 Å². The zero-order valence-corrected chi connectivity index (χ0v) is 14.4. The smallest absolute Gasteiger partial charge is 0.213 e. The Morgan fingerprint density at radius 3 is 2.64 bits per heavy atom. The molecule has 0 saturated heterocycles. The maximum absolute atomic E-state index is 12.4. The molecule has 126 valence electrons. The molecule has 0 spiro atoms. The molecule has 22 heavy (non-hydrogen) atoms. The Labute approximate surface area is 134 Å². The quantitative estimate of drug-likeness (QED) is 0.645. The van der Waals surface area contributed by atoms with Gasteiger partial charge in [0, 0.05) is 0 Å². The predicted molar refractivity (Wildman–Crippen MR) is 87.7 cm³/mol. The second-order valence-electron chi connectivity index (χ2n) is 6.87. The van der Waals surface area contributed by atoms with Crippen LogP contribution in [0.15, 0.2) is 12.3 Å². The van der Waals surface area contributed by atoms with Gasteiger partial charge in [0.15, 0.2) is 0 Å². The van der Waals surface area contributed by atoms with E-state index in [1.165, 1.54) is 30.7 Å². The summed E-state index contributed by atoms with van der Waals surface area (Å²) in [6.07, 6.45) is 5.79. The first-order valence-corrected chi connectivity index (χ1v) is 8.47. The summed E-state index contributed by atoms with van der Waals surface area (Å²) in [6, 6.07) is 0. The number of allylic oxidation sites excluding steroid dienone is 1. The number of ether oxygens (including phenoxy) is 1. The highest BCUT2D eigenvalue weighted by molar-refractivity contribution is 5.79. The Morgan fingerprint density at radius 1 is 1.41 bits per heavy atom. The highest BCUT2D eigenvalue weighted by atomic mass is 16.5. The van der Waals surface area contributed by atoms with Crippen LogP contribution in [-0.2, 0) is 9.53 Å². The van der Waals surface area contributed by atoms with Crippen molar-refractivity contribution < 1.29 is 9.53 Å². The molecule has 0 radical (unpaired) electrons. The molecule has 2 bridgehead atoms.